The van der Waals surface area contributed by atoms with Crippen LogP contribution in [0.25, 0.3) is 0 Å². The van der Waals surface area contributed by atoms with Gasteiger partial charge in [-0.25, -0.2) is 4.98 Å². The zero-order valence-electron chi connectivity index (χ0n) is 11.0. The van der Waals surface area contributed by atoms with Crippen molar-refractivity contribution in [2.75, 3.05) is 18.5 Å². The van der Waals surface area contributed by atoms with E-state index in [4.69, 9.17) is 5.11 Å². The summed E-state index contributed by atoms with van der Waals surface area (Å²) in [6, 6.07) is 3.56. The van der Waals surface area contributed by atoms with Crippen LogP contribution in [0.1, 0.15) is 24.8 Å². The predicted molar refractivity (Wildman–Crippen MR) is 71.6 cm³/mol. The second-order valence-corrected chi connectivity index (χ2v) is 4.16. The number of hydrogen-bond donors (Lipinski definition) is 3. The molecule has 3 N–H and O–H groups in total. The lowest BCUT2D eigenvalue weighted by Gasteiger charge is -2.07. The van der Waals surface area contributed by atoms with E-state index >= 15 is 0 Å². The van der Waals surface area contributed by atoms with E-state index in [1.165, 1.54) is 0 Å². The molecule has 0 bridgehead atoms. The second-order valence-electron chi connectivity index (χ2n) is 4.16. The number of nitrogens with one attached hydrogen (secondary N) is 2. The van der Waals surface area contributed by atoms with Crippen LogP contribution >= 0.6 is 0 Å². The normalized spacial score (nSPS) is 10.0. The van der Waals surface area contributed by atoms with E-state index in [0.717, 1.165) is 18.4 Å². The van der Waals surface area contributed by atoms with E-state index in [-0.39, 0.29) is 6.61 Å². The van der Waals surface area contributed by atoms with Crippen LogP contribution in [0.5, 0.6) is 0 Å². The van der Waals surface area contributed by atoms with Gasteiger partial charge in [-0.05, 0) is 37.8 Å². The Labute approximate surface area is 112 Å². The quantitative estimate of drug-likeness (QED) is 0.519. The average molecular weight is 265 g/mol. The Morgan fingerprint density at radius 3 is 2.74 bits per heavy atom. The SMILES string of the molecule is Cc1cccnc1NC(=O)C(=O)NCCCCCO. The summed E-state index contributed by atoms with van der Waals surface area (Å²) >= 11 is 0. The molecule has 0 saturated carbocycles. The Bertz CT molecular complexity index is 435. The first-order valence-electron chi connectivity index (χ1n) is 6.27. The molecule has 0 aliphatic carbocycles. The lowest BCUT2D eigenvalue weighted by atomic mass is 10.2. The molecular weight excluding hydrogens is 246 g/mol. The first-order valence-corrected chi connectivity index (χ1v) is 6.27. The van der Waals surface area contributed by atoms with E-state index in [0.29, 0.717) is 18.8 Å². The Morgan fingerprint density at radius 1 is 1.26 bits per heavy atom. The molecule has 2 amide bonds. The topological polar surface area (TPSA) is 91.3 Å². The van der Waals surface area contributed by atoms with Gasteiger partial charge in [-0.3, -0.25) is 9.59 Å². The number of rotatable bonds is 6. The van der Waals surface area contributed by atoms with Crippen LogP contribution in [0.3, 0.4) is 0 Å². The molecule has 0 saturated heterocycles. The van der Waals surface area contributed by atoms with E-state index in [9.17, 15) is 9.59 Å². The van der Waals surface area contributed by atoms with E-state index in [1.807, 2.05) is 0 Å². The Morgan fingerprint density at radius 2 is 2.05 bits per heavy atom. The van der Waals surface area contributed by atoms with E-state index in [1.54, 1.807) is 25.3 Å². The van der Waals surface area contributed by atoms with Gasteiger partial charge in [0.15, 0.2) is 0 Å². The van der Waals surface area contributed by atoms with Gasteiger partial charge in [0.25, 0.3) is 0 Å². The van der Waals surface area contributed by atoms with Gasteiger partial charge in [0.1, 0.15) is 5.82 Å². The third-order valence-corrected chi connectivity index (χ3v) is 2.57. The van der Waals surface area contributed by atoms with Crippen LogP contribution in [0.2, 0.25) is 0 Å². The van der Waals surface area contributed by atoms with Crippen LogP contribution in [-0.4, -0.2) is 35.1 Å². The number of aromatic nitrogens is 1. The van der Waals surface area contributed by atoms with Gasteiger partial charge in [-0.2, -0.15) is 0 Å². The molecule has 1 aromatic rings. The van der Waals surface area contributed by atoms with Crippen molar-refractivity contribution in [2.24, 2.45) is 0 Å². The third-order valence-electron chi connectivity index (χ3n) is 2.57. The molecule has 1 aromatic heterocycles. The smallest absolute Gasteiger partial charge is 0.314 e. The maximum absolute atomic E-state index is 11.6. The molecule has 1 heterocycles. The van der Waals surface area contributed by atoms with Gasteiger partial charge in [-0.15, -0.1) is 0 Å². The van der Waals surface area contributed by atoms with Gasteiger partial charge in [-0.1, -0.05) is 6.07 Å². The monoisotopic (exact) mass is 265 g/mol. The fourth-order valence-corrected chi connectivity index (χ4v) is 1.48. The van der Waals surface area contributed by atoms with Crippen LogP contribution in [0, 0.1) is 6.92 Å². The zero-order chi connectivity index (χ0) is 14.1. The summed E-state index contributed by atoms with van der Waals surface area (Å²) in [6.45, 7) is 2.37. The lowest BCUT2D eigenvalue weighted by Crippen LogP contribution is -2.36. The Hall–Kier alpha value is -1.95. The van der Waals surface area contributed by atoms with Crippen LogP contribution in [0.15, 0.2) is 18.3 Å². The molecule has 0 aromatic carbocycles. The highest BCUT2D eigenvalue weighted by molar-refractivity contribution is 6.39. The van der Waals surface area contributed by atoms with Gasteiger partial charge in [0.05, 0.1) is 0 Å². The molecule has 0 unspecified atom stereocenters. The summed E-state index contributed by atoms with van der Waals surface area (Å²) in [5.41, 5.74) is 0.798. The van der Waals surface area contributed by atoms with Crippen molar-refractivity contribution in [3.8, 4) is 0 Å². The largest absolute Gasteiger partial charge is 0.396 e. The summed E-state index contributed by atoms with van der Waals surface area (Å²) in [5, 5.41) is 13.6. The average Bonchev–Trinajstić information content (AvgIpc) is 2.41. The number of nitrogens with zero attached hydrogens (tertiary/aromatic N) is 1. The van der Waals surface area contributed by atoms with Crippen molar-refractivity contribution in [3.63, 3.8) is 0 Å². The minimum Gasteiger partial charge on any atom is -0.396 e. The summed E-state index contributed by atoms with van der Waals surface area (Å²) < 4.78 is 0. The summed E-state index contributed by atoms with van der Waals surface area (Å²) in [4.78, 5) is 27.1. The van der Waals surface area contributed by atoms with Crippen molar-refractivity contribution in [3.05, 3.63) is 23.9 Å². The van der Waals surface area contributed by atoms with Crippen molar-refractivity contribution in [1.82, 2.24) is 10.3 Å². The number of pyridine rings is 1. The van der Waals surface area contributed by atoms with Gasteiger partial charge in [0, 0.05) is 19.3 Å². The molecule has 6 nitrogen and oxygen atoms in total. The fourth-order valence-electron chi connectivity index (χ4n) is 1.48. The Kier molecular flexibility index (Phi) is 6.52. The standard InChI is InChI=1S/C13H19N3O3/c1-10-6-5-8-14-11(10)16-13(19)12(18)15-7-3-2-4-9-17/h5-6,8,17H,2-4,7,9H2,1H3,(H,15,18)(H,14,16,19). The molecule has 1 rings (SSSR count). The number of hydrogen-bond acceptors (Lipinski definition) is 4. The molecule has 0 atom stereocenters. The number of aliphatic hydroxyl groups excluding tert-OH is 1. The number of aryl methyl sites for hydroxylation is 1. The van der Waals surface area contributed by atoms with Crippen molar-refractivity contribution in [2.45, 2.75) is 26.2 Å². The van der Waals surface area contributed by atoms with E-state index in [2.05, 4.69) is 15.6 Å². The number of anilines is 1. The number of unbranched alkanes of at least 4 members (excludes halogenated alkanes) is 2. The van der Waals surface area contributed by atoms with Gasteiger partial charge < -0.3 is 15.7 Å². The number of carbonyl (C=O) groups is 2. The first kappa shape index (κ1) is 15.1. The van der Waals surface area contributed by atoms with Gasteiger partial charge >= 0.3 is 11.8 Å². The summed E-state index contributed by atoms with van der Waals surface area (Å²) in [5.74, 6) is -0.999. The highest BCUT2D eigenvalue weighted by Gasteiger charge is 2.14. The number of amides is 2. The molecule has 104 valence electrons. The summed E-state index contributed by atoms with van der Waals surface area (Å²) in [6.07, 6.45) is 3.81. The number of carbonyl (C=O) groups excluding carboxylic acids is 2. The Balaban J connectivity index is 2.33. The molecule has 0 radical (unpaired) electrons. The van der Waals surface area contributed by atoms with Crippen molar-refractivity contribution >= 4 is 17.6 Å². The molecule has 0 aliphatic rings. The predicted octanol–water partition coefficient (Wildman–Crippen LogP) is 0.607. The number of aliphatic hydroxyl groups is 1. The molecule has 0 aliphatic heterocycles. The fraction of sp³-hybridized carbons (Fsp3) is 0.462. The van der Waals surface area contributed by atoms with Crippen LogP contribution < -0.4 is 10.6 Å². The van der Waals surface area contributed by atoms with E-state index < -0.39 is 11.8 Å². The van der Waals surface area contributed by atoms with Crippen molar-refractivity contribution < 1.29 is 14.7 Å². The second kappa shape index (κ2) is 8.20. The zero-order valence-corrected chi connectivity index (χ0v) is 11.0. The molecule has 0 fully saturated rings. The maximum atomic E-state index is 11.6. The molecule has 19 heavy (non-hydrogen) atoms. The molecule has 0 spiro atoms. The third kappa shape index (κ3) is 5.48. The summed E-state index contributed by atoms with van der Waals surface area (Å²) in [7, 11) is 0. The van der Waals surface area contributed by atoms with Crippen molar-refractivity contribution in [1.29, 1.82) is 0 Å². The van der Waals surface area contributed by atoms with Gasteiger partial charge in [0.2, 0.25) is 0 Å². The molecular formula is C13H19N3O3. The minimum atomic E-state index is -0.719. The highest BCUT2D eigenvalue weighted by Crippen LogP contribution is 2.08. The molecule has 6 heteroatoms. The van der Waals surface area contributed by atoms with Crippen LogP contribution in [0.4, 0.5) is 5.82 Å². The maximum Gasteiger partial charge on any atom is 0.314 e. The highest BCUT2D eigenvalue weighted by atomic mass is 16.3. The lowest BCUT2D eigenvalue weighted by molar-refractivity contribution is -0.136. The van der Waals surface area contributed by atoms with Crippen LogP contribution in [-0.2, 0) is 9.59 Å². The minimum absolute atomic E-state index is 0.146. The first-order chi connectivity index (χ1) is 9.15.